The van der Waals surface area contributed by atoms with Crippen LogP contribution in [0.5, 0.6) is 11.8 Å². The third kappa shape index (κ3) is 3.21. The molecule has 0 spiro atoms. The van der Waals surface area contributed by atoms with Crippen molar-refractivity contribution in [3.8, 4) is 11.8 Å². The zero-order chi connectivity index (χ0) is 13.7. The van der Waals surface area contributed by atoms with Gasteiger partial charge >= 0.3 is 0 Å². The van der Waals surface area contributed by atoms with Crippen LogP contribution in [0.1, 0.15) is 23.4 Å². The van der Waals surface area contributed by atoms with E-state index in [-0.39, 0.29) is 6.04 Å². The molecule has 0 amide bonds. The molecule has 0 radical (unpaired) electrons. The van der Waals surface area contributed by atoms with Gasteiger partial charge in [0.05, 0.1) is 19.8 Å². The van der Waals surface area contributed by atoms with Gasteiger partial charge in [0.1, 0.15) is 6.33 Å². The average Bonchev–Trinajstić information content (AvgIpc) is 2.98. The SMILES string of the molecule is COc1ncnc(OC)c1CNC(C)c1cccs1. The number of thiophene rings is 1. The van der Waals surface area contributed by atoms with Crippen molar-refractivity contribution in [2.24, 2.45) is 0 Å². The first-order valence-electron chi connectivity index (χ1n) is 5.95. The maximum atomic E-state index is 5.24. The van der Waals surface area contributed by atoms with E-state index < -0.39 is 0 Å². The Bertz CT molecular complexity index is 494. The van der Waals surface area contributed by atoms with E-state index in [1.165, 1.54) is 11.2 Å². The summed E-state index contributed by atoms with van der Waals surface area (Å²) in [6.07, 6.45) is 1.43. The second-order valence-corrected chi connectivity index (χ2v) is 4.97. The molecule has 0 bridgehead atoms. The lowest BCUT2D eigenvalue weighted by atomic mass is 10.2. The van der Waals surface area contributed by atoms with Gasteiger partial charge < -0.3 is 14.8 Å². The zero-order valence-corrected chi connectivity index (χ0v) is 12.0. The lowest BCUT2D eigenvalue weighted by molar-refractivity contribution is 0.357. The van der Waals surface area contributed by atoms with Crippen LogP contribution in [0.15, 0.2) is 23.8 Å². The van der Waals surface area contributed by atoms with E-state index in [1.54, 1.807) is 25.6 Å². The largest absolute Gasteiger partial charge is 0.481 e. The molecule has 0 aliphatic heterocycles. The van der Waals surface area contributed by atoms with E-state index in [1.807, 2.05) is 6.07 Å². The van der Waals surface area contributed by atoms with Crippen molar-refractivity contribution >= 4 is 11.3 Å². The molecule has 2 heterocycles. The summed E-state index contributed by atoms with van der Waals surface area (Å²) in [4.78, 5) is 9.48. The Balaban J connectivity index is 2.10. The van der Waals surface area contributed by atoms with Crippen molar-refractivity contribution in [2.75, 3.05) is 14.2 Å². The minimum absolute atomic E-state index is 0.259. The Hall–Kier alpha value is -1.66. The van der Waals surface area contributed by atoms with Crippen LogP contribution < -0.4 is 14.8 Å². The molecule has 5 nitrogen and oxygen atoms in total. The van der Waals surface area contributed by atoms with E-state index in [0.717, 1.165) is 5.56 Å². The molecular weight excluding hydrogens is 262 g/mol. The van der Waals surface area contributed by atoms with Crippen molar-refractivity contribution in [1.29, 1.82) is 0 Å². The number of hydrogen-bond donors (Lipinski definition) is 1. The molecule has 6 heteroatoms. The number of nitrogens with one attached hydrogen (secondary N) is 1. The lowest BCUT2D eigenvalue weighted by Gasteiger charge is -2.15. The summed E-state index contributed by atoms with van der Waals surface area (Å²) in [6, 6.07) is 4.41. The molecule has 1 N–H and O–H groups in total. The molecule has 0 aliphatic carbocycles. The minimum atomic E-state index is 0.259. The van der Waals surface area contributed by atoms with Gasteiger partial charge in [-0.15, -0.1) is 11.3 Å². The Morgan fingerprint density at radius 3 is 2.47 bits per heavy atom. The fourth-order valence-corrected chi connectivity index (χ4v) is 2.54. The van der Waals surface area contributed by atoms with Crippen molar-refractivity contribution in [1.82, 2.24) is 15.3 Å². The van der Waals surface area contributed by atoms with Gasteiger partial charge in [0.2, 0.25) is 11.8 Å². The van der Waals surface area contributed by atoms with E-state index in [4.69, 9.17) is 9.47 Å². The molecule has 19 heavy (non-hydrogen) atoms. The first kappa shape index (κ1) is 13.8. The fourth-order valence-electron chi connectivity index (χ4n) is 1.78. The van der Waals surface area contributed by atoms with Crippen LogP contribution in [0.3, 0.4) is 0 Å². The number of methoxy groups -OCH3 is 2. The summed E-state index contributed by atoms with van der Waals surface area (Å²) in [5, 5.41) is 5.49. The first-order valence-corrected chi connectivity index (χ1v) is 6.82. The Morgan fingerprint density at radius 1 is 1.26 bits per heavy atom. The van der Waals surface area contributed by atoms with Crippen LogP contribution in [0.2, 0.25) is 0 Å². The van der Waals surface area contributed by atoms with Gasteiger partial charge in [0.25, 0.3) is 0 Å². The summed E-state index contributed by atoms with van der Waals surface area (Å²) in [7, 11) is 3.18. The standard InChI is InChI=1S/C13H17N3O2S/c1-9(11-5-4-6-19-11)14-7-10-12(17-2)15-8-16-13(10)18-3/h4-6,8-9,14H,7H2,1-3H3. The Labute approximate surface area is 116 Å². The highest BCUT2D eigenvalue weighted by molar-refractivity contribution is 7.10. The molecule has 0 fully saturated rings. The molecule has 102 valence electrons. The monoisotopic (exact) mass is 279 g/mol. The maximum Gasteiger partial charge on any atom is 0.224 e. The number of rotatable bonds is 6. The molecular formula is C13H17N3O2S. The van der Waals surface area contributed by atoms with Crippen molar-refractivity contribution in [3.05, 3.63) is 34.3 Å². The highest BCUT2D eigenvalue weighted by Gasteiger charge is 2.14. The molecule has 0 aromatic carbocycles. The Morgan fingerprint density at radius 2 is 1.95 bits per heavy atom. The second-order valence-electron chi connectivity index (χ2n) is 3.99. The first-order chi connectivity index (χ1) is 9.26. The maximum absolute atomic E-state index is 5.24. The number of nitrogens with zero attached hydrogens (tertiary/aromatic N) is 2. The third-order valence-electron chi connectivity index (χ3n) is 2.81. The van der Waals surface area contributed by atoms with Gasteiger partial charge in [-0.2, -0.15) is 0 Å². The van der Waals surface area contributed by atoms with Crippen LogP contribution in [0.25, 0.3) is 0 Å². The number of aromatic nitrogens is 2. The van der Waals surface area contributed by atoms with Gasteiger partial charge in [0.15, 0.2) is 0 Å². The molecule has 2 rings (SSSR count). The van der Waals surface area contributed by atoms with Gasteiger partial charge in [-0.3, -0.25) is 0 Å². The molecule has 0 saturated heterocycles. The normalized spacial score (nSPS) is 12.2. The topological polar surface area (TPSA) is 56.3 Å². The summed E-state index contributed by atoms with van der Waals surface area (Å²) >= 11 is 1.73. The van der Waals surface area contributed by atoms with Crippen LogP contribution in [0, 0.1) is 0 Å². The Kier molecular flexibility index (Phi) is 4.70. The van der Waals surface area contributed by atoms with Gasteiger partial charge in [-0.1, -0.05) is 6.07 Å². The minimum Gasteiger partial charge on any atom is -0.481 e. The number of hydrogen-bond acceptors (Lipinski definition) is 6. The second kappa shape index (κ2) is 6.49. The van der Waals surface area contributed by atoms with Gasteiger partial charge in [0, 0.05) is 17.5 Å². The summed E-state index contributed by atoms with van der Waals surface area (Å²) in [5.74, 6) is 1.08. The quantitative estimate of drug-likeness (QED) is 0.880. The van der Waals surface area contributed by atoms with Crippen molar-refractivity contribution in [3.63, 3.8) is 0 Å². The van der Waals surface area contributed by atoms with E-state index in [2.05, 4.69) is 33.7 Å². The van der Waals surface area contributed by atoms with E-state index >= 15 is 0 Å². The predicted molar refractivity (Wildman–Crippen MR) is 74.7 cm³/mol. The smallest absolute Gasteiger partial charge is 0.224 e. The predicted octanol–water partition coefficient (Wildman–Crippen LogP) is 2.41. The van der Waals surface area contributed by atoms with Crippen LogP contribution in [-0.4, -0.2) is 24.2 Å². The molecule has 1 atom stereocenters. The van der Waals surface area contributed by atoms with Gasteiger partial charge in [-0.05, 0) is 18.4 Å². The molecule has 2 aromatic rings. The van der Waals surface area contributed by atoms with Crippen LogP contribution in [0.4, 0.5) is 0 Å². The fraction of sp³-hybridized carbons (Fsp3) is 0.385. The van der Waals surface area contributed by atoms with Crippen LogP contribution in [-0.2, 0) is 6.54 Å². The van der Waals surface area contributed by atoms with E-state index in [0.29, 0.717) is 18.3 Å². The summed E-state index contributed by atoms with van der Waals surface area (Å²) < 4.78 is 10.5. The highest BCUT2D eigenvalue weighted by atomic mass is 32.1. The number of ether oxygens (including phenoxy) is 2. The van der Waals surface area contributed by atoms with E-state index in [9.17, 15) is 0 Å². The van der Waals surface area contributed by atoms with Crippen molar-refractivity contribution < 1.29 is 9.47 Å². The lowest BCUT2D eigenvalue weighted by Crippen LogP contribution is -2.18. The molecule has 0 aliphatic rings. The third-order valence-corrected chi connectivity index (χ3v) is 3.86. The average molecular weight is 279 g/mol. The molecule has 0 saturated carbocycles. The van der Waals surface area contributed by atoms with Gasteiger partial charge in [-0.25, -0.2) is 9.97 Å². The summed E-state index contributed by atoms with van der Waals surface area (Å²) in [5.41, 5.74) is 0.830. The zero-order valence-electron chi connectivity index (χ0n) is 11.2. The van der Waals surface area contributed by atoms with Crippen molar-refractivity contribution in [2.45, 2.75) is 19.5 Å². The van der Waals surface area contributed by atoms with Crippen LogP contribution >= 0.6 is 11.3 Å². The molecule has 2 aromatic heterocycles. The summed E-state index contributed by atoms with van der Waals surface area (Å²) in [6.45, 7) is 2.71. The highest BCUT2D eigenvalue weighted by Crippen LogP contribution is 2.25. The molecule has 1 unspecified atom stereocenters.